The van der Waals surface area contributed by atoms with Gasteiger partial charge in [-0.1, -0.05) is 29.8 Å². The van der Waals surface area contributed by atoms with Crippen LogP contribution >= 0.6 is 0 Å². The molecule has 0 bridgehead atoms. The van der Waals surface area contributed by atoms with E-state index in [0.717, 1.165) is 0 Å². The van der Waals surface area contributed by atoms with E-state index in [9.17, 15) is 13.2 Å². The number of amides is 1. The molecule has 1 amide bonds. The summed E-state index contributed by atoms with van der Waals surface area (Å²) in [6.07, 6.45) is 0.712. The van der Waals surface area contributed by atoms with Crippen molar-refractivity contribution in [1.29, 1.82) is 0 Å². The highest BCUT2D eigenvalue weighted by Crippen LogP contribution is 2.19. The van der Waals surface area contributed by atoms with E-state index in [4.69, 9.17) is 4.74 Å². The average molecular weight is 417 g/mol. The molecule has 1 N–H and O–H groups in total. The molecule has 1 aliphatic heterocycles. The standard InChI is InChI=1S/C22H28N2O4S/c1-16-7-8-19(17(2)13-16)14-18(3)23-22(25)20-5-4-6-21(15-20)29(26,27)24-9-11-28-12-10-24/h4-8,13,15,18H,9-12,14H2,1-3H3,(H,23,25). The molecule has 0 saturated carbocycles. The van der Waals surface area contributed by atoms with Crippen LogP contribution in [0, 0.1) is 13.8 Å². The van der Waals surface area contributed by atoms with Crippen LogP contribution in [0.5, 0.6) is 0 Å². The molecule has 3 rings (SSSR count). The third kappa shape index (κ3) is 5.23. The summed E-state index contributed by atoms with van der Waals surface area (Å²) < 4.78 is 32.3. The van der Waals surface area contributed by atoms with Gasteiger partial charge in [-0.3, -0.25) is 4.79 Å². The summed E-state index contributed by atoms with van der Waals surface area (Å²) in [5.74, 6) is -0.277. The van der Waals surface area contributed by atoms with Crippen LogP contribution in [-0.4, -0.2) is 51.0 Å². The zero-order chi connectivity index (χ0) is 21.0. The fourth-order valence-electron chi connectivity index (χ4n) is 3.50. The van der Waals surface area contributed by atoms with Gasteiger partial charge in [0.25, 0.3) is 5.91 Å². The Morgan fingerprint density at radius 2 is 1.86 bits per heavy atom. The molecule has 2 aromatic rings. The summed E-state index contributed by atoms with van der Waals surface area (Å²) in [5, 5.41) is 2.98. The van der Waals surface area contributed by atoms with Gasteiger partial charge in [0.2, 0.25) is 10.0 Å². The van der Waals surface area contributed by atoms with Gasteiger partial charge < -0.3 is 10.1 Å². The zero-order valence-corrected chi connectivity index (χ0v) is 18.0. The highest BCUT2D eigenvalue weighted by atomic mass is 32.2. The molecule has 1 saturated heterocycles. The first-order valence-corrected chi connectivity index (χ1v) is 11.3. The molecule has 1 atom stereocenters. The number of rotatable bonds is 6. The maximum Gasteiger partial charge on any atom is 0.251 e. The van der Waals surface area contributed by atoms with Crippen LogP contribution < -0.4 is 5.32 Å². The summed E-state index contributed by atoms with van der Waals surface area (Å²) in [7, 11) is -3.63. The van der Waals surface area contributed by atoms with E-state index in [0.29, 0.717) is 38.3 Å². The second-order valence-corrected chi connectivity index (χ2v) is 9.49. The third-order valence-corrected chi connectivity index (χ3v) is 7.00. The molecule has 0 spiro atoms. The SMILES string of the molecule is Cc1ccc(CC(C)NC(=O)c2cccc(S(=O)(=O)N3CCOCC3)c2)c(C)c1. The van der Waals surface area contributed by atoms with Crippen LogP contribution in [-0.2, 0) is 21.2 Å². The number of aryl methyl sites for hydroxylation is 2. The number of hydrogen-bond donors (Lipinski definition) is 1. The monoisotopic (exact) mass is 416 g/mol. The Morgan fingerprint density at radius 1 is 1.14 bits per heavy atom. The van der Waals surface area contributed by atoms with Crippen molar-refractivity contribution < 1.29 is 17.9 Å². The van der Waals surface area contributed by atoms with E-state index in [1.54, 1.807) is 12.1 Å². The molecular formula is C22H28N2O4S. The van der Waals surface area contributed by atoms with Crippen molar-refractivity contribution in [3.8, 4) is 0 Å². The fraction of sp³-hybridized carbons (Fsp3) is 0.409. The number of carbonyl (C=O) groups is 1. The summed E-state index contributed by atoms with van der Waals surface area (Å²) in [4.78, 5) is 12.8. The predicted molar refractivity (Wildman–Crippen MR) is 113 cm³/mol. The van der Waals surface area contributed by atoms with Gasteiger partial charge in [0.15, 0.2) is 0 Å². The lowest BCUT2D eigenvalue weighted by Crippen LogP contribution is -2.40. The molecule has 0 aromatic heterocycles. The van der Waals surface area contributed by atoms with Crippen molar-refractivity contribution in [2.24, 2.45) is 0 Å². The van der Waals surface area contributed by atoms with E-state index in [2.05, 4.69) is 37.4 Å². The Hall–Kier alpha value is -2.22. The number of hydrogen-bond acceptors (Lipinski definition) is 4. The van der Waals surface area contributed by atoms with Crippen molar-refractivity contribution in [3.63, 3.8) is 0 Å². The molecule has 6 nitrogen and oxygen atoms in total. The molecular weight excluding hydrogens is 388 g/mol. The van der Waals surface area contributed by atoms with E-state index >= 15 is 0 Å². The second kappa shape index (κ2) is 9.07. The maximum atomic E-state index is 12.8. The summed E-state index contributed by atoms with van der Waals surface area (Å²) in [6, 6.07) is 12.4. The third-order valence-electron chi connectivity index (χ3n) is 5.11. The summed E-state index contributed by atoms with van der Waals surface area (Å²) >= 11 is 0. The van der Waals surface area contributed by atoms with E-state index in [1.807, 2.05) is 6.92 Å². The molecule has 1 heterocycles. The minimum Gasteiger partial charge on any atom is -0.379 e. The van der Waals surface area contributed by atoms with Gasteiger partial charge in [-0.15, -0.1) is 0 Å². The van der Waals surface area contributed by atoms with Crippen molar-refractivity contribution in [2.45, 2.75) is 38.1 Å². The van der Waals surface area contributed by atoms with Gasteiger partial charge in [0, 0.05) is 24.7 Å². The van der Waals surface area contributed by atoms with Gasteiger partial charge in [0.05, 0.1) is 18.1 Å². The highest BCUT2D eigenvalue weighted by molar-refractivity contribution is 7.89. The lowest BCUT2D eigenvalue weighted by Gasteiger charge is -2.26. The Labute approximate surface area is 172 Å². The van der Waals surface area contributed by atoms with Crippen molar-refractivity contribution >= 4 is 15.9 Å². The number of carbonyl (C=O) groups excluding carboxylic acids is 1. The van der Waals surface area contributed by atoms with Gasteiger partial charge in [-0.25, -0.2) is 8.42 Å². The van der Waals surface area contributed by atoms with Gasteiger partial charge >= 0.3 is 0 Å². The lowest BCUT2D eigenvalue weighted by molar-refractivity contribution is 0.0730. The minimum atomic E-state index is -3.63. The van der Waals surface area contributed by atoms with Crippen molar-refractivity contribution in [2.75, 3.05) is 26.3 Å². The number of morpholine rings is 1. The van der Waals surface area contributed by atoms with E-state index in [1.165, 1.54) is 33.1 Å². The van der Waals surface area contributed by atoms with Crippen molar-refractivity contribution in [1.82, 2.24) is 9.62 Å². The molecule has 0 aliphatic carbocycles. The molecule has 0 radical (unpaired) electrons. The van der Waals surface area contributed by atoms with Crippen molar-refractivity contribution in [3.05, 3.63) is 64.7 Å². The van der Waals surface area contributed by atoms with E-state index < -0.39 is 10.0 Å². The normalized spacial score (nSPS) is 16.4. The second-order valence-electron chi connectivity index (χ2n) is 7.55. The largest absolute Gasteiger partial charge is 0.379 e. The number of ether oxygens (including phenoxy) is 1. The van der Waals surface area contributed by atoms with Crippen LogP contribution in [0.1, 0.15) is 34.0 Å². The quantitative estimate of drug-likeness (QED) is 0.786. The topological polar surface area (TPSA) is 75.7 Å². The molecule has 7 heteroatoms. The Bertz CT molecular complexity index is 982. The maximum absolute atomic E-state index is 12.8. The summed E-state index contributed by atoms with van der Waals surface area (Å²) in [6.45, 7) is 7.49. The van der Waals surface area contributed by atoms with Crippen LogP contribution in [0.2, 0.25) is 0 Å². The first-order valence-electron chi connectivity index (χ1n) is 9.82. The number of benzene rings is 2. The fourth-order valence-corrected chi connectivity index (χ4v) is 4.95. The number of nitrogens with zero attached hydrogens (tertiary/aromatic N) is 1. The molecule has 1 fully saturated rings. The molecule has 1 aliphatic rings. The minimum absolute atomic E-state index is 0.0802. The highest BCUT2D eigenvalue weighted by Gasteiger charge is 2.27. The van der Waals surface area contributed by atoms with Crippen LogP contribution in [0.4, 0.5) is 0 Å². The molecule has 1 unspecified atom stereocenters. The predicted octanol–water partition coefficient (Wildman–Crippen LogP) is 2.69. The molecule has 156 valence electrons. The number of nitrogens with one attached hydrogen (secondary N) is 1. The Balaban J connectivity index is 1.70. The lowest BCUT2D eigenvalue weighted by atomic mass is 10.00. The number of sulfonamides is 1. The Morgan fingerprint density at radius 3 is 2.55 bits per heavy atom. The molecule has 2 aromatic carbocycles. The average Bonchev–Trinajstić information content (AvgIpc) is 2.71. The summed E-state index contributed by atoms with van der Waals surface area (Å²) in [5.41, 5.74) is 3.93. The smallest absolute Gasteiger partial charge is 0.251 e. The first kappa shape index (κ1) is 21.5. The van der Waals surface area contributed by atoms with Crippen LogP contribution in [0.15, 0.2) is 47.4 Å². The van der Waals surface area contributed by atoms with E-state index in [-0.39, 0.29) is 16.8 Å². The first-order chi connectivity index (χ1) is 13.8. The van der Waals surface area contributed by atoms with Gasteiger partial charge in [-0.05, 0) is 56.5 Å². The van der Waals surface area contributed by atoms with Gasteiger partial charge in [-0.2, -0.15) is 4.31 Å². The van der Waals surface area contributed by atoms with Crippen LogP contribution in [0.3, 0.4) is 0 Å². The van der Waals surface area contributed by atoms with Crippen LogP contribution in [0.25, 0.3) is 0 Å². The molecule has 29 heavy (non-hydrogen) atoms. The Kier molecular flexibility index (Phi) is 6.72. The van der Waals surface area contributed by atoms with Gasteiger partial charge in [0.1, 0.15) is 0 Å². The zero-order valence-electron chi connectivity index (χ0n) is 17.1.